The minimum atomic E-state index is -2.63. The highest BCUT2D eigenvalue weighted by Crippen LogP contribution is 2.68. The Kier molecular flexibility index (Phi) is 6.12. The zero-order chi connectivity index (χ0) is 28.8. The summed E-state index contributed by atoms with van der Waals surface area (Å²) in [5, 5.41) is 58.0. The molecule has 0 saturated heterocycles. The van der Waals surface area contributed by atoms with Crippen LogP contribution in [0.15, 0.2) is 42.5 Å². The Morgan fingerprint density at radius 2 is 1.64 bits per heavy atom. The summed E-state index contributed by atoms with van der Waals surface area (Å²) >= 11 is 0. The van der Waals surface area contributed by atoms with Gasteiger partial charge in [0.1, 0.15) is 17.8 Å². The van der Waals surface area contributed by atoms with E-state index in [0.29, 0.717) is 11.1 Å². The molecule has 1 amide bonds. The zero-order valence-electron chi connectivity index (χ0n) is 22.3. The summed E-state index contributed by atoms with van der Waals surface area (Å²) in [4.78, 5) is 40.2. The molecule has 0 aliphatic heterocycles. The molecule has 0 spiro atoms. The van der Waals surface area contributed by atoms with Gasteiger partial charge in [0.25, 0.3) is 0 Å². The van der Waals surface area contributed by atoms with Gasteiger partial charge in [0.05, 0.1) is 23.7 Å². The van der Waals surface area contributed by atoms with E-state index in [2.05, 4.69) is 0 Å². The molecule has 9 heteroatoms. The zero-order valence-corrected chi connectivity index (χ0v) is 22.3. The molecule has 0 bridgehead atoms. The van der Waals surface area contributed by atoms with Gasteiger partial charge in [-0.2, -0.15) is 0 Å². The first-order valence-electron chi connectivity index (χ1n) is 13.2. The predicted molar refractivity (Wildman–Crippen MR) is 140 cm³/mol. The lowest BCUT2D eigenvalue weighted by Gasteiger charge is -2.67. The van der Waals surface area contributed by atoms with Gasteiger partial charge < -0.3 is 31.3 Å². The highest BCUT2D eigenvalue weighted by Gasteiger charge is 2.77. The van der Waals surface area contributed by atoms with E-state index in [4.69, 9.17) is 5.73 Å². The molecule has 2 saturated carbocycles. The molecule has 2 aromatic carbocycles. The number of aliphatic hydroxyl groups excluding tert-OH is 3. The fourth-order valence-electron chi connectivity index (χ4n) is 8.39. The number of phenols is 1. The number of aliphatic hydroxyl groups is 4. The molecule has 208 valence electrons. The van der Waals surface area contributed by atoms with Crippen molar-refractivity contribution in [3.8, 4) is 16.9 Å². The van der Waals surface area contributed by atoms with Crippen LogP contribution < -0.4 is 5.73 Å². The molecular formula is C30H35NO8. The van der Waals surface area contributed by atoms with Gasteiger partial charge in [-0.3, -0.25) is 14.4 Å². The fraction of sp³-hybridized carbons (Fsp3) is 0.500. The molecule has 9 atom stereocenters. The van der Waals surface area contributed by atoms with Crippen molar-refractivity contribution in [3.63, 3.8) is 0 Å². The van der Waals surface area contributed by atoms with E-state index in [1.165, 1.54) is 6.07 Å². The maximum absolute atomic E-state index is 14.1. The standard InChI is InChI=1S/C30H35NO8/c1-13(2)20-23(34)19(27(31)38)25(36)30(39)26(37)21-22(33)18-16(32)11-10-15(14-8-6-5-7-9-14)17(18)24(35)28(21,3)12-29(20,30)4/h5-11,13,19-21,23-24,26,32,34-35,37,39H,12H2,1-4H3,(H2,31,38)/t19-,20+,21-,23?,24-,26?,28-,29-,30+/m1/s1. The first kappa shape index (κ1) is 27.5. The summed E-state index contributed by atoms with van der Waals surface area (Å²) in [7, 11) is 0. The van der Waals surface area contributed by atoms with E-state index in [-0.39, 0.29) is 23.5 Å². The third-order valence-corrected chi connectivity index (χ3v) is 9.94. The maximum atomic E-state index is 14.1. The molecular weight excluding hydrogens is 502 g/mol. The van der Waals surface area contributed by atoms with E-state index >= 15 is 0 Å². The highest BCUT2D eigenvalue weighted by atomic mass is 16.4. The summed E-state index contributed by atoms with van der Waals surface area (Å²) in [6.45, 7) is 6.69. The molecule has 39 heavy (non-hydrogen) atoms. The molecule has 7 N–H and O–H groups in total. The van der Waals surface area contributed by atoms with E-state index in [1.54, 1.807) is 45.9 Å². The Morgan fingerprint density at radius 3 is 2.21 bits per heavy atom. The van der Waals surface area contributed by atoms with Crippen LogP contribution in [0, 0.1) is 34.5 Å². The Hall–Kier alpha value is -3.11. The normalized spacial score (nSPS) is 39.6. The van der Waals surface area contributed by atoms with Gasteiger partial charge in [0.2, 0.25) is 5.91 Å². The van der Waals surface area contributed by atoms with Crippen LogP contribution in [0.5, 0.6) is 5.75 Å². The predicted octanol–water partition coefficient (Wildman–Crippen LogP) is 1.73. The largest absolute Gasteiger partial charge is 0.507 e. The van der Waals surface area contributed by atoms with Crippen molar-refractivity contribution in [3.05, 3.63) is 53.6 Å². The lowest BCUT2D eigenvalue weighted by molar-refractivity contribution is -0.275. The Labute approximate surface area is 226 Å². The third kappa shape index (κ3) is 3.30. The number of aromatic hydroxyl groups is 1. The third-order valence-electron chi connectivity index (χ3n) is 9.94. The molecule has 0 radical (unpaired) electrons. The monoisotopic (exact) mass is 537 g/mol. The van der Waals surface area contributed by atoms with Crippen molar-refractivity contribution in [1.82, 2.24) is 0 Å². The lowest BCUT2D eigenvalue weighted by Crippen LogP contribution is -2.79. The quantitative estimate of drug-likeness (QED) is 0.320. The number of rotatable bonds is 3. The van der Waals surface area contributed by atoms with Crippen LogP contribution in [-0.2, 0) is 9.59 Å². The van der Waals surface area contributed by atoms with Crippen molar-refractivity contribution in [2.45, 2.75) is 58.0 Å². The van der Waals surface area contributed by atoms with Crippen LogP contribution >= 0.6 is 0 Å². The van der Waals surface area contributed by atoms with Crippen molar-refractivity contribution < 1.29 is 39.9 Å². The SMILES string of the molecule is CC(C)[C@H]1C(O)[C@@H](C(N)=O)C(=O)[C@]2(O)C(O)[C@H]3C(=O)c4c(O)ccc(-c5ccccc5)c4[C@@H](O)[C@]3(C)C[C@]12C. The number of benzene rings is 2. The van der Waals surface area contributed by atoms with Crippen LogP contribution in [0.1, 0.15) is 56.1 Å². The molecule has 2 fully saturated rings. The van der Waals surface area contributed by atoms with E-state index in [0.717, 1.165) is 0 Å². The number of Topliss-reactive ketones (excluding diaryl/α,β-unsaturated/α-hetero) is 2. The Balaban J connectivity index is 1.78. The summed E-state index contributed by atoms with van der Waals surface area (Å²) in [6.07, 6.45) is -5.15. The van der Waals surface area contributed by atoms with E-state index in [9.17, 15) is 39.9 Å². The van der Waals surface area contributed by atoms with Gasteiger partial charge in [0.15, 0.2) is 17.2 Å². The molecule has 3 aliphatic rings. The van der Waals surface area contributed by atoms with Gasteiger partial charge in [-0.1, -0.05) is 64.1 Å². The molecule has 0 aromatic heterocycles. The second-order valence-electron chi connectivity index (χ2n) is 12.3. The summed E-state index contributed by atoms with van der Waals surface area (Å²) in [5.41, 5.74) is 1.12. The number of amides is 1. The summed E-state index contributed by atoms with van der Waals surface area (Å²) in [5.74, 6) is -7.99. The minimum Gasteiger partial charge on any atom is -0.507 e. The second kappa shape index (κ2) is 8.69. The van der Waals surface area contributed by atoms with Gasteiger partial charge in [-0.05, 0) is 35.4 Å². The smallest absolute Gasteiger partial charge is 0.230 e. The number of carbonyl (C=O) groups excluding carboxylic acids is 3. The van der Waals surface area contributed by atoms with Crippen LogP contribution in [0.3, 0.4) is 0 Å². The molecule has 9 nitrogen and oxygen atoms in total. The van der Waals surface area contributed by atoms with Crippen molar-refractivity contribution in [2.75, 3.05) is 0 Å². The van der Waals surface area contributed by atoms with Crippen LogP contribution in [0.2, 0.25) is 0 Å². The molecule has 5 rings (SSSR count). The van der Waals surface area contributed by atoms with Crippen LogP contribution in [0.25, 0.3) is 11.1 Å². The second-order valence-corrected chi connectivity index (χ2v) is 12.3. The first-order valence-corrected chi connectivity index (χ1v) is 13.2. The summed E-state index contributed by atoms with van der Waals surface area (Å²) < 4.78 is 0. The van der Waals surface area contributed by atoms with Gasteiger partial charge in [-0.25, -0.2) is 0 Å². The molecule has 3 aliphatic carbocycles. The highest BCUT2D eigenvalue weighted by molar-refractivity contribution is 6.09. The van der Waals surface area contributed by atoms with Crippen LogP contribution in [0.4, 0.5) is 0 Å². The van der Waals surface area contributed by atoms with Gasteiger partial charge >= 0.3 is 0 Å². The fourth-order valence-corrected chi connectivity index (χ4v) is 8.39. The molecule has 2 aromatic rings. The number of hydrogen-bond acceptors (Lipinski definition) is 8. The Bertz CT molecular complexity index is 1370. The van der Waals surface area contributed by atoms with Crippen molar-refractivity contribution >= 4 is 17.5 Å². The number of nitrogens with two attached hydrogens (primary N) is 1. The minimum absolute atomic E-state index is 0.147. The topological polar surface area (TPSA) is 178 Å². The van der Waals surface area contributed by atoms with Crippen molar-refractivity contribution in [2.24, 2.45) is 40.2 Å². The first-order chi connectivity index (χ1) is 18.1. The number of hydrogen-bond donors (Lipinski definition) is 6. The van der Waals surface area contributed by atoms with E-state index < -0.39 is 75.7 Å². The number of phenolic OH excluding ortho intramolecular Hbond substituents is 1. The summed E-state index contributed by atoms with van der Waals surface area (Å²) in [6, 6.07) is 12.0. The maximum Gasteiger partial charge on any atom is 0.230 e. The van der Waals surface area contributed by atoms with Gasteiger partial charge in [-0.15, -0.1) is 0 Å². The van der Waals surface area contributed by atoms with Gasteiger partial charge in [0, 0.05) is 16.4 Å². The molecule has 0 heterocycles. The van der Waals surface area contributed by atoms with Crippen LogP contribution in [-0.4, -0.2) is 60.8 Å². The number of primary amides is 1. The molecule has 2 unspecified atom stereocenters. The van der Waals surface area contributed by atoms with Crippen molar-refractivity contribution in [1.29, 1.82) is 0 Å². The average molecular weight is 538 g/mol. The number of fused-ring (bicyclic) bond motifs is 3. The average Bonchev–Trinajstić information content (AvgIpc) is 2.85. The number of carbonyl (C=O) groups is 3. The van der Waals surface area contributed by atoms with E-state index in [1.807, 2.05) is 18.2 Å². The Morgan fingerprint density at radius 1 is 1.03 bits per heavy atom. The lowest BCUT2D eigenvalue weighted by atomic mass is 9.38. The number of ketones is 2.